The number of ether oxygens (including phenoxy) is 2. The summed E-state index contributed by atoms with van der Waals surface area (Å²) in [4.78, 5) is 11.4. The molecule has 1 atom stereocenters. The van der Waals surface area contributed by atoms with Crippen LogP contribution in [-0.4, -0.2) is 19.7 Å². The molecule has 1 aromatic carbocycles. The first kappa shape index (κ1) is 11.9. The van der Waals surface area contributed by atoms with E-state index in [1.165, 1.54) is 13.2 Å². The van der Waals surface area contributed by atoms with Gasteiger partial charge in [-0.2, -0.15) is 0 Å². The van der Waals surface area contributed by atoms with Crippen molar-refractivity contribution in [3.05, 3.63) is 23.5 Å². The van der Waals surface area contributed by atoms with Crippen LogP contribution in [0.3, 0.4) is 0 Å². The molecule has 0 spiro atoms. The van der Waals surface area contributed by atoms with Gasteiger partial charge in [-0.1, -0.05) is 6.07 Å². The summed E-state index contributed by atoms with van der Waals surface area (Å²) in [5.41, 5.74) is -0.0961. The van der Waals surface area contributed by atoms with Crippen LogP contribution in [-0.2, 0) is 4.74 Å². The van der Waals surface area contributed by atoms with Gasteiger partial charge in [0.25, 0.3) is 0 Å². The lowest BCUT2D eigenvalue weighted by Gasteiger charge is -2.09. The van der Waals surface area contributed by atoms with E-state index >= 15 is 0 Å². The number of esters is 1. The summed E-state index contributed by atoms with van der Waals surface area (Å²) in [6.07, 6.45) is 0. The number of carbonyl (C=O) groups excluding carboxylic acids is 1. The van der Waals surface area contributed by atoms with E-state index in [0.717, 1.165) is 0 Å². The molecule has 0 radical (unpaired) electrons. The predicted molar refractivity (Wildman–Crippen MR) is 58.3 cm³/mol. The van der Waals surface area contributed by atoms with Gasteiger partial charge in [0.2, 0.25) is 0 Å². The average Bonchev–Trinajstić information content (AvgIpc) is 2.18. The first-order valence-corrected chi connectivity index (χ1v) is 4.98. The molecular weight excluding hydrogens is 218 g/mol. The maximum atomic E-state index is 13.7. The summed E-state index contributed by atoms with van der Waals surface area (Å²) >= 11 is 0. The first-order valence-electron chi connectivity index (χ1n) is 4.40. The Hall–Kier alpha value is -1.15. The van der Waals surface area contributed by atoms with Crippen molar-refractivity contribution in [3.8, 4) is 5.75 Å². The predicted octanol–water partition coefficient (Wildman–Crippen LogP) is 1.51. The number of carbonyl (C=O) groups is 1. The van der Waals surface area contributed by atoms with Gasteiger partial charge in [0, 0.05) is 0 Å². The number of benzene rings is 1. The highest BCUT2D eigenvalue weighted by atomic mass is 31.0. The van der Waals surface area contributed by atoms with Crippen LogP contribution in [0.1, 0.15) is 17.3 Å². The van der Waals surface area contributed by atoms with E-state index in [2.05, 4.69) is 9.24 Å². The number of hydrogen-bond donors (Lipinski definition) is 0. The Morgan fingerprint density at radius 1 is 1.53 bits per heavy atom. The minimum absolute atomic E-state index is 0.0317. The van der Waals surface area contributed by atoms with Crippen LogP contribution >= 0.6 is 9.24 Å². The lowest BCUT2D eigenvalue weighted by Crippen LogP contribution is -2.16. The Kier molecular flexibility index (Phi) is 4.04. The van der Waals surface area contributed by atoms with Crippen LogP contribution in [0.2, 0.25) is 0 Å². The summed E-state index contributed by atoms with van der Waals surface area (Å²) < 4.78 is 23.2. The van der Waals surface area contributed by atoms with Gasteiger partial charge < -0.3 is 9.47 Å². The number of hydrogen-bond acceptors (Lipinski definition) is 3. The van der Waals surface area contributed by atoms with Crippen molar-refractivity contribution in [2.75, 3.05) is 13.7 Å². The summed E-state index contributed by atoms with van der Waals surface area (Å²) in [6, 6.07) is 3.04. The topological polar surface area (TPSA) is 35.5 Å². The second kappa shape index (κ2) is 5.08. The molecule has 0 saturated heterocycles. The Bertz CT molecular complexity index is 379. The van der Waals surface area contributed by atoms with Crippen molar-refractivity contribution in [1.82, 2.24) is 0 Å². The molecule has 15 heavy (non-hydrogen) atoms. The second-order valence-electron chi connectivity index (χ2n) is 2.77. The molecule has 1 rings (SSSR count). The minimum Gasteiger partial charge on any atom is -0.494 e. The maximum absolute atomic E-state index is 13.7. The summed E-state index contributed by atoms with van der Waals surface area (Å²) in [6.45, 7) is 1.87. The average molecular weight is 230 g/mol. The lowest BCUT2D eigenvalue weighted by atomic mass is 10.2. The fourth-order valence-electron chi connectivity index (χ4n) is 1.14. The van der Waals surface area contributed by atoms with Crippen LogP contribution in [0.4, 0.5) is 4.39 Å². The number of methoxy groups -OCH3 is 1. The molecule has 1 unspecified atom stereocenters. The highest BCUT2D eigenvalue weighted by molar-refractivity contribution is 7.27. The molecule has 0 aliphatic rings. The van der Waals surface area contributed by atoms with Crippen molar-refractivity contribution in [1.29, 1.82) is 0 Å². The van der Waals surface area contributed by atoms with E-state index in [0.29, 0.717) is 5.30 Å². The Morgan fingerprint density at radius 2 is 2.20 bits per heavy atom. The van der Waals surface area contributed by atoms with Gasteiger partial charge in [-0.3, -0.25) is 0 Å². The second-order valence-corrected chi connectivity index (χ2v) is 3.39. The van der Waals surface area contributed by atoms with E-state index in [9.17, 15) is 9.18 Å². The van der Waals surface area contributed by atoms with Gasteiger partial charge in [-0.15, -0.1) is 9.24 Å². The molecule has 0 amide bonds. The normalized spacial score (nSPS) is 9.87. The molecule has 0 N–H and O–H groups in total. The van der Waals surface area contributed by atoms with Gasteiger partial charge in [0.05, 0.1) is 13.7 Å². The molecule has 0 aliphatic heterocycles. The molecule has 0 heterocycles. The smallest absolute Gasteiger partial charge is 0.341 e. The molecule has 1 aromatic rings. The van der Waals surface area contributed by atoms with Crippen molar-refractivity contribution < 1.29 is 18.7 Å². The third-order valence-corrected chi connectivity index (χ3v) is 2.32. The third-order valence-electron chi connectivity index (χ3n) is 1.84. The monoisotopic (exact) mass is 230 g/mol. The van der Waals surface area contributed by atoms with Crippen LogP contribution in [0, 0.1) is 5.82 Å². The van der Waals surface area contributed by atoms with Crippen LogP contribution in [0.15, 0.2) is 12.1 Å². The van der Waals surface area contributed by atoms with Gasteiger partial charge >= 0.3 is 5.97 Å². The molecule has 0 aliphatic carbocycles. The van der Waals surface area contributed by atoms with E-state index in [1.54, 1.807) is 13.0 Å². The summed E-state index contributed by atoms with van der Waals surface area (Å²) in [7, 11) is 3.63. The van der Waals surface area contributed by atoms with Crippen molar-refractivity contribution in [3.63, 3.8) is 0 Å². The highest BCUT2D eigenvalue weighted by Gasteiger charge is 2.19. The van der Waals surface area contributed by atoms with Gasteiger partial charge in [0.15, 0.2) is 11.6 Å². The molecular formula is C10H12FO3P. The molecule has 0 aromatic heterocycles. The molecule has 0 saturated carbocycles. The van der Waals surface area contributed by atoms with Crippen molar-refractivity contribution in [2.45, 2.75) is 6.92 Å². The zero-order chi connectivity index (χ0) is 11.4. The van der Waals surface area contributed by atoms with E-state index in [1.807, 2.05) is 0 Å². The Morgan fingerprint density at radius 3 is 2.73 bits per heavy atom. The minimum atomic E-state index is -0.691. The molecule has 3 nitrogen and oxygen atoms in total. The van der Waals surface area contributed by atoms with Crippen molar-refractivity contribution in [2.24, 2.45) is 0 Å². The Balaban J connectivity index is 3.20. The van der Waals surface area contributed by atoms with Crippen LogP contribution in [0.25, 0.3) is 0 Å². The maximum Gasteiger partial charge on any atom is 0.341 e. The largest absolute Gasteiger partial charge is 0.494 e. The Labute approximate surface area is 89.8 Å². The quantitative estimate of drug-likeness (QED) is 0.583. The van der Waals surface area contributed by atoms with Crippen LogP contribution in [0.5, 0.6) is 5.75 Å². The van der Waals surface area contributed by atoms with E-state index in [4.69, 9.17) is 9.47 Å². The van der Waals surface area contributed by atoms with Gasteiger partial charge in [-0.25, -0.2) is 9.18 Å². The standard InChI is InChI=1S/C10H12FO3P/c1-3-14-10(12)8-7(15)5-4-6(13-2)9(8)11/h4-5H,3,15H2,1-2H3. The summed E-state index contributed by atoms with van der Waals surface area (Å²) in [5.74, 6) is -1.34. The zero-order valence-corrected chi connectivity index (χ0v) is 9.70. The van der Waals surface area contributed by atoms with E-state index in [-0.39, 0.29) is 17.9 Å². The first-order chi connectivity index (χ1) is 7.11. The third kappa shape index (κ3) is 2.45. The molecule has 0 fully saturated rings. The SMILES string of the molecule is CCOC(=O)c1c(P)ccc(OC)c1F. The van der Waals surface area contributed by atoms with Crippen LogP contribution < -0.4 is 10.0 Å². The number of halogens is 1. The molecule has 0 bridgehead atoms. The molecule has 5 heteroatoms. The number of rotatable bonds is 3. The van der Waals surface area contributed by atoms with Gasteiger partial charge in [0.1, 0.15) is 5.56 Å². The van der Waals surface area contributed by atoms with Gasteiger partial charge in [-0.05, 0) is 18.3 Å². The van der Waals surface area contributed by atoms with E-state index < -0.39 is 11.8 Å². The zero-order valence-electron chi connectivity index (χ0n) is 8.54. The highest BCUT2D eigenvalue weighted by Crippen LogP contribution is 2.20. The molecule has 82 valence electrons. The fourth-order valence-corrected chi connectivity index (χ4v) is 1.48. The fraction of sp³-hybridized carbons (Fsp3) is 0.300. The lowest BCUT2D eigenvalue weighted by molar-refractivity contribution is 0.0522. The van der Waals surface area contributed by atoms with Crippen molar-refractivity contribution >= 4 is 20.5 Å². The summed E-state index contributed by atoms with van der Waals surface area (Å²) in [5, 5.41) is 0.451.